The highest BCUT2D eigenvalue weighted by Crippen LogP contribution is 2.41. The number of nitrogens with zero attached hydrogens (tertiary/aromatic N) is 7. The fourth-order valence-electron chi connectivity index (χ4n) is 5.05. The number of aliphatic hydroxyl groups is 2. The van der Waals surface area contributed by atoms with E-state index in [9.17, 15) is 27.8 Å². The van der Waals surface area contributed by atoms with E-state index in [0.29, 0.717) is 5.69 Å². The van der Waals surface area contributed by atoms with Gasteiger partial charge in [0.2, 0.25) is 0 Å². The molecule has 1 aliphatic rings. The highest BCUT2D eigenvalue weighted by Gasteiger charge is 2.50. The van der Waals surface area contributed by atoms with Crippen LogP contribution >= 0.6 is 27.3 Å². The minimum absolute atomic E-state index is 0.0324. The Morgan fingerprint density at radius 2 is 1.93 bits per heavy atom. The highest BCUT2D eigenvalue weighted by molar-refractivity contribution is 9.10. The van der Waals surface area contributed by atoms with Crippen molar-refractivity contribution >= 4 is 37.5 Å². The topological polar surface area (TPSA) is 133 Å². The van der Waals surface area contributed by atoms with Crippen LogP contribution < -0.4 is 0 Å². The van der Waals surface area contributed by atoms with E-state index in [1.165, 1.54) is 23.9 Å². The Labute approximate surface area is 252 Å². The Bertz CT molecular complexity index is 1750. The molecule has 0 amide bonds. The third-order valence-corrected chi connectivity index (χ3v) is 8.65. The zero-order valence-corrected chi connectivity index (χ0v) is 24.5. The molecule has 5 atom stereocenters. The molecule has 0 aliphatic carbocycles. The summed E-state index contributed by atoms with van der Waals surface area (Å²) in [5.74, 6) is -1.60. The van der Waals surface area contributed by atoms with E-state index in [1.54, 1.807) is 10.6 Å². The second kappa shape index (κ2) is 12.0. The summed E-state index contributed by atoms with van der Waals surface area (Å²) in [5.41, 5.74) is 1.49. The van der Waals surface area contributed by atoms with Gasteiger partial charge < -0.3 is 19.7 Å². The van der Waals surface area contributed by atoms with Gasteiger partial charge in [0.05, 0.1) is 32.5 Å². The number of ether oxygens (including phenoxy) is 2. The van der Waals surface area contributed by atoms with Gasteiger partial charge in [-0.3, -0.25) is 4.57 Å². The number of aromatic nitrogens is 7. The molecule has 0 unspecified atom stereocenters. The Morgan fingerprint density at radius 1 is 1.16 bits per heavy atom. The summed E-state index contributed by atoms with van der Waals surface area (Å²) in [6, 6.07) is 6.28. The van der Waals surface area contributed by atoms with E-state index in [-0.39, 0.29) is 21.6 Å². The van der Waals surface area contributed by atoms with Gasteiger partial charge in [0.1, 0.15) is 60.7 Å². The molecule has 17 heteroatoms. The third kappa shape index (κ3) is 5.67. The molecule has 5 aromatic rings. The van der Waals surface area contributed by atoms with Gasteiger partial charge in [0.25, 0.3) is 6.43 Å². The number of thiazole rings is 1. The highest BCUT2D eigenvalue weighted by atomic mass is 79.9. The van der Waals surface area contributed by atoms with Gasteiger partial charge in [-0.2, -0.15) is 0 Å². The van der Waals surface area contributed by atoms with Gasteiger partial charge in [-0.25, -0.2) is 27.2 Å². The van der Waals surface area contributed by atoms with Crippen LogP contribution in [0, 0.1) is 18.6 Å². The molecule has 43 heavy (non-hydrogen) atoms. The molecule has 2 N–H and O–H groups in total. The first-order chi connectivity index (χ1) is 20.6. The SMILES string of the molecule is Cc1nc2ccc(-n3cnnc3[C@@H]3O[C@H](CO)[C@H](O)[C@H](n4cc(-c5cc(F)c(Br)c(F)c5)nn4)[C@H]3OCC(F)F)cc2s1. The van der Waals surface area contributed by atoms with Crippen LogP contribution in [0.1, 0.15) is 23.0 Å². The van der Waals surface area contributed by atoms with E-state index < -0.39 is 61.7 Å². The van der Waals surface area contributed by atoms with Crippen LogP contribution in [0.3, 0.4) is 0 Å². The molecule has 4 heterocycles. The second-order valence-electron chi connectivity index (χ2n) is 9.73. The molecule has 11 nitrogen and oxygen atoms in total. The summed E-state index contributed by atoms with van der Waals surface area (Å²) in [6.45, 7) is 0.207. The number of halogens is 5. The fraction of sp³-hybridized carbons (Fsp3) is 0.346. The molecular formula is C26H22BrF4N7O4S. The summed E-state index contributed by atoms with van der Waals surface area (Å²) in [5, 5.41) is 38.4. The molecule has 1 fully saturated rings. The monoisotopic (exact) mass is 683 g/mol. The number of fused-ring (bicyclic) bond motifs is 1. The molecular weight excluding hydrogens is 662 g/mol. The average molecular weight is 684 g/mol. The number of benzene rings is 2. The molecule has 1 aliphatic heterocycles. The van der Waals surface area contributed by atoms with Crippen LogP contribution in [-0.2, 0) is 9.47 Å². The maximum Gasteiger partial charge on any atom is 0.261 e. The van der Waals surface area contributed by atoms with Crippen LogP contribution in [0.2, 0.25) is 0 Å². The van der Waals surface area contributed by atoms with Crippen molar-refractivity contribution < 1.29 is 37.2 Å². The van der Waals surface area contributed by atoms with Gasteiger partial charge in [-0.15, -0.1) is 26.6 Å². The summed E-state index contributed by atoms with van der Waals surface area (Å²) < 4.78 is 70.2. The lowest BCUT2D eigenvalue weighted by Gasteiger charge is -2.43. The molecule has 6 rings (SSSR count). The molecule has 3 aromatic heterocycles. The van der Waals surface area contributed by atoms with E-state index in [4.69, 9.17) is 9.47 Å². The van der Waals surface area contributed by atoms with Crippen molar-refractivity contribution in [3.05, 3.63) is 69.8 Å². The predicted molar refractivity (Wildman–Crippen MR) is 148 cm³/mol. The second-order valence-corrected chi connectivity index (χ2v) is 11.8. The normalized spacial score (nSPS) is 22.6. The van der Waals surface area contributed by atoms with Gasteiger partial charge in [0, 0.05) is 11.3 Å². The summed E-state index contributed by atoms with van der Waals surface area (Å²) in [7, 11) is 0. The minimum Gasteiger partial charge on any atom is -0.394 e. The van der Waals surface area contributed by atoms with Gasteiger partial charge in [-0.1, -0.05) is 5.21 Å². The molecule has 0 saturated carbocycles. The fourth-order valence-corrected chi connectivity index (χ4v) is 6.14. The van der Waals surface area contributed by atoms with Gasteiger partial charge in [0.15, 0.2) is 5.82 Å². The quantitative estimate of drug-likeness (QED) is 0.183. The van der Waals surface area contributed by atoms with Crippen LogP contribution in [-0.4, -0.2) is 82.9 Å². The van der Waals surface area contributed by atoms with E-state index >= 15 is 0 Å². The molecule has 0 spiro atoms. The van der Waals surface area contributed by atoms with Crippen molar-refractivity contribution in [3.8, 4) is 16.9 Å². The first-order valence-corrected chi connectivity index (χ1v) is 14.4. The Hall–Kier alpha value is -3.35. The molecule has 1 saturated heterocycles. The van der Waals surface area contributed by atoms with Gasteiger partial charge >= 0.3 is 0 Å². The van der Waals surface area contributed by atoms with Crippen molar-refractivity contribution in [1.29, 1.82) is 0 Å². The predicted octanol–water partition coefficient (Wildman–Crippen LogP) is 4.17. The number of alkyl halides is 2. The number of rotatable bonds is 8. The average Bonchev–Trinajstić information content (AvgIpc) is 3.73. The lowest BCUT2D eigenvalue weighted by molar-refractivity contribution is -0.229. The van der Waals surface area contributed by atoms with Crippen molar-refractivity contribution in [1.82, 2.24) is 34.7 Å². The van der Waals surface area contributed by atoms with Crippen LogP contribution in [0.15, 0.2) is 47.3 Å². The van der Waals surface area contributed by atoms with E-state index in [0.717, 1.165) is 32.0 Å². The third-order valence-electron chi connectivity index (χ3n) is 6.96. The van der Waals surface area contributed by atoms with E-state index in [1.807, 2.05) is 19.1 Å². The first-order valence-electron chi connectivity index (χ1n) is 12.8. The smallest absolute Gasteiger partial charge is 0.261 e. The number of aliphatic hydroxyl groups excluding tert-OH is 2. The Balaban J connectivity index is 1.42. The van der Waals surface area contributed by atoms with Crippen LogP contribution in [0.4, 0.5) is 17.6 Å². The van der Waals surface area contributed by atoms with Crippen molar-refractivity contribution in [2.24, 2.45) is 0 Å². The van der Waals surface area contributed by atoms with Crippen molar-refractivity contribution in [3.63, 3.8) is 0 Å². The minimum atomic E-state index is -2.87. The standard InChI is InChI=1S/C26H22BrF4N7O4S/c1-11-33-16-3-2-13(6-19(16)43-11)37-10-32-35-26(37)25-24(41-9-20(30)31)22(23(40)18(8-39)42-25)38-7-17(34-36-38)12-4-14(28)21(27)15(29)5-12/h2-7,10,18,20,22-25,39-40H,8-9H2,1H3/t18-,22+,23+,24-,25-/m1/s1. The molecule has 2 aromatic carbocycles. The van der Waals surface area contributed by atoms with E-state index in [2.05, 4.69) is 41.4 Å². The number of aryl methyl sites for hydroxylation is 1. The molecule has 0 bridgehead atoms. The van der Waals surface area contributed by atoms with Crippen LogP contribution in [0.25, 0.3) is 27.2 Å². The largest absolute Gasteiger partial charge is 0.394 e. The summed E-state index contributed by atoms with van der Waals surface area (Å²) in [6.07, 6.45) is -5.51. The maximum absolute atomic E-state index is 14.2. The number of hydrogen-bond donors (Lipinski definition) is 2. The lowest BCUT2D eigenvalue weighted by atomic mass is 9.91. The maximum atomic E-state index is 14.2. The van der Waals surface area contributed by atoms with Crippen LogP contribution in [0.5, 0.6) is 0 Å². The van der Waals surface area contributed by atoms with Crippen molar-refractivity contribution in [2.45, 2.75) is 43.8 Å². The zero-order valence-electron chi connectivity index (χ0n) is 22.1. The van der Waals surface area contributed by atoms with Crippen molar-refractivity contribution in [2.75, 3.05) is 13.2 Å². The summed E-state index contributed by atoms with van der Waals surface area (Å²) in [4.78, 5) is 4.46. The Kier molecular flexibility index (Phi) is 8.27. The lowest BCUT2D eigenvalue weighted by Crippen LogP contribution is -2.54. The molecule has 226 valence electrons. The number of hydrogen-bond acceptors (Lipinski definition) is 10. The first kappa shape index (κ1) is 29.7. The van der Waals surface area contributed by atoms with Gasteiger partial charge in [-0.05, 0) is 53.2 Å². The summed E-state index contributed by atoms with van der Waals surface area (Å²) >= 11 is 4.30. The zero-order chi connectivity index (χ0) is 30.4. The Morgan fingerprint density at radius 3 is 2.65 bits per heavy atom. The molecule has 0 radical (unpaired) electrons.